The number of carboxylic acids is 1. The molecule has 0 atom stereocenters. The Hall–Kier alpha value is -2.51. The van der Waals surface area contributed by atoms with Crippen LogP contribution in [0.15, 0.2) is 30.5 Å². The number of hydrogen-bond acceptors (Lipinski definition) is 2. The van der Waals surface area contributed by atoms with E-state index in [4.69, 9.17) is 5.11 Å². The molecule has 2 aromatic rings. The Morgan fingerprint density at radius 1 is 1.19 bits per heavy atom. The number of benzene rings is 1. The third-order valence-corrected chi connectivity index (χ3v) is 2.67. The zero-order valence-electron chi connectivity index (χ0n) is 10.1. The van der Waals surface area contributed by atoms with Gasteiger partial charge in [0.25, 0.3) is 0 Å². The molecular formula is C13H6F5NO2. The second kappa shape index (κ2) is 5.12. The van der Waals surface area contributed by atoms with Crippen LogP contribution in [-0.2, 0) is 6.18 Å². The lowest BCUT2D eigenvalue weighted by atomic mass is 10.0. The van der Waals surface area contributed by atoms with E-state index in [9.17, 15) is 26.7 Å². The van der Waals surface area contributed by atoms with Crippen LogP contribution < -0.4 is 0 Å². The molecule has 0 saturated heterocycles. The fourth-order valence-electron chi connectivity index (χ4n) is 1.71. The van der Waals surface area contributed by atoms with Crippen molar-refractivity contribution in [3.63, 3.8) is 0 Å². The molecule has 21 heavy (non-hydrogen) atoms. The number of nitrogens with zero attached hydrogens (tertiary/aromatic N) is 1. The predicted octanol–water partition coefficient (Wildman–Crippen LogP) is 3.74. The molecule has 8 heteroatoms. The van der Waals surface area contributed by atoms with E-state index in [2.05, 4.69) is 4.98 Å². The molecular weight excluding hydrogens is 297 g/mol. The maximum absolute atomic E-state index is 13.6. The van der Waals surface area contributed by atoms with Crippen molar-refractivity contribution in [2.24, 2.45) is 0 Å². The number of pyridine rings is 1. The van der Waals surface area contributed by atoms with Crippen LogP contribution in [0, 0.1) is 11.6 Å². The molecule has 1 aromatic heterocycles. The van der Waals surface area contributed by atoms with Crippen molar-refractivity contribution in [2.45, 2.75) is 6.18 Å². The highest BCUT2D eigenvalue weighted by atomic mass is 19.4. The van der Waals surface area contributed by atoms with Gasteiger partial charge in [0.15, 0.2) is 11.6 Å². The first-order valence-electron chi connectivity index (χ1n) is 5.46. The van der Waals surface area contributed by atoms with Gasteiger partial charge in [-0.3, -0.25) is 4.98 Å². The first-order chi connectivity index (χ1) is 9.71. The molecule has 0 radical (unpaired) electrons. The third kappa shape index (κ3) is 2.83. The lowest BCUT2D eigenvalue weighted by Crippen LogP contribution is -2.14. The summed E-state index contributed by atoms with van der Waals surface area (Å²) < 4.78 is 64.6. The summed E-state index contributed by atoms with van der Waals surface area (Å²) in [5, 5.41) is 8.83. The van der Waals surface area contributed by atoms with Crippen molar-refractivity contribution >= 4 is 5.97 Å². The quantitative estimate of drug-likeness (QED) is 0.860. The van der Waals surface area contributed by atoms with Crippen LogP contribution in [0.2, 0.25) is 0 Å². The largest absolute Gasteiger partial charge is 0.478 e. The Morgan fingerprint density at radius 3 is 2.43 bits per heavy atom. The number of aromatic nitrogens is 1. The maximum atomic E-state index is 13.6. The van der Waals surface area contributed by atoms with E-state index in [1.54, 1.807) is 0 Å². The Kier molecular flexibility index (Phi) is 3.63. The topological polar surface area (TPSA) is 50.2 Å². The molecule has 0 bridgehead atoms. The van der Waals surface area contributed by atoms with Gasteiger partial charge in [-0.15, -0.1) is 0 Å². The summed E-state index contributed by atoms with van der Waals surface area (Å²) in [5.74, 6) is -4.38. The minimum absolute atomic E-state index is 0.281. The summed E-state index contributed by atoms with van der Waals surface area (Å²) >= 11 is 0. The van der Waals surface area contributed by atoms with E-state index >= 15 is 0 Å². The average molecular weight is 303 g/mol. The summed E-state index contributed by atoms with van der Waals surface area (Å²) in [6.07, 6.45) is -4.64. The summed E-state index contributed by atoms with van der Waals surface area (Å²) in [4.78, 5) is 14.3. The van der Waals surface area contributed by atoms with Crippen LogP contribution in [0.3, 0.4) is 0 Å². The van der Waals surface area contributed by atoms with Crippen molar-refractivity contribution in [3.8, 4) is 11.3 Å². The van der Waals surface area contributed by atoms with Crippen LogP contribution in [0.1, 0.15) is 15.9 Å². The van der Waals surface area contributed by atoms with E-state index in [1.165, 1.54) is 0 Å². The van der Waals surface area contributed by atoms with E-state index < -0.39 is 46.2 Å². The smallest absolute Gasteiger partial charge is 0.418 e. The second-order valence-electron chi connectivity index (χ2n) is 4.02. The van der Waals surface area contributed by atoms with Gasteiger partial charge in [-0.2, -0.15) is 13.2 Å². The highest BCUT2D eigenvalue weighted by molar-refractivity contribution is 5.90. The minimum Gasteiger partial charge on any atom is -0.478 e. The molecule has 0 amide bonds. The monoisotopic (exact) mass is 303 g/mol. The predicted molar refractivity (Wildman–Crippen MR) is 61.6 cm³/mol. The molecule has 0 aliphatic rings. The number of alkyl halides is 3. The normalized spacial score (nSPS) is 11.5. The lowest BCUT2D eigenvalue weighted by Gasteiger charge is -2.11. The second-order valence-corrected chi connectivity index (χ2v) is 4.02. The van der Waals surface area contributed by atoms with Gasteiger partial charge in [-0.25, -0.2) is 13.6 Å². The van der Waals surface area contributed by atoms with Gasteiger partial charge < -0.3 is 5.11 Å². The molecule has 0 aliphatic carbocycles. The number of halogens is 5. The zero-order valence-corrected chi connectivity index (χ0v) is 10.1. The molecule has 0 aliphatic heterocycles. The van der Waals surface area contributed by atoms with Crippen molar-refractivity contribution in [1.82, 2.24) is 4.98 Å². The van der Waals surface area contributed by atoms with Crippen LogP contribution in [-0.4, -0.2) is 16.1 Å². The van der Waals surface area contributed by atoms with E-state index in [-0.39, 0.29) is 6.20 Å². The highest BCUT2D eigenvalue weighted by Gasteiger charge is 2.36. The van der Waals surface area contributed by atoms with Crippen LogP contribution in [0.25, 0.3) is 11.3 Å². The minimum atomic E-state index is -4.92. The summed E-state index contributed by atoms with van der Waals surface area (Å²) in [7, 11) is 0. The number of aromatic carboxylic acids is 1. The highest BCUT2D eigenvalue weighted by Crippen LogP contribution is 2.33. The van der Waals surface area contributed by atoms with Gasteiger partial charge in [-0.1, -0.05) is 6.07 Å². The Morgan fingerprint density at radius 2 is 1.86 bits per heavy atom. The molecule has 0 fully saturated rings. The van der Waals surface area contributed by atoms with Crippen molar-refractivity contribution in [2.75, 3.05) is 0 Å². The van der Waals surface area contributed by atoms with Gasteiger partial charge in [0, 0.05) is 11.8 Å². The molecule has 1 heterocycles. The fraction of sp³-hybridized carbons (Fsp3) is 0.0769. The fourth-order valence-corrected chi connectivity index (χ4v) is 1.71. The first kappa shape index (κ1) is 14.9. The van der Waals surface area contributed by atoms with Gasteiger partial charge in [0.2, 0.25) is 0 Å². The van der Waals surface area contributed by atoms with Gasteiger partial charge in [0.05, 0.1) is 16.8 Å². The summed E-state index contributed by atoms with van der Waals surface area (Å²) in [5.41, 5.74) is -3.38. The van der Waals surface area contributed by atoms with Crippen LogP contribution in [0.5, 0.6) is 0 Å². The molecule has 2 rings (SSSR count). The Balaban J connectivity index is 2.66. The molecule has 0 unspecified atom stereocenters. The number of rotatable bonds is 2. The summed E-state index contributed by atoms with van der Waals surface area (Å²) in [6.45, 7) is 0. The lowest BCUT2D eigenvalue weighted by molar-refractivity contribution is -0.138. The molecule has 1 N–H and O–H groups in total. The van der Waals surface area contributed by atoms with Crippen molar-refractivity contribution in [1.29, 1.82) is 0 Å². The maximum Gasteiger partial charge on any atom is 0.418 e. The molecule has 0 spiro atoms. The standard InChI is InChI=1S/C13H6F5NO2/c14-9-3-1-2-6(11(9)15)10-4-7(12(20)21)8(5-19-10)13(16,17)18/h1-5H,(H,20,21). The SMILES string of the molecule is O=C(O)c1cc(-c2cccc(F)c2F)ncc1C(F)(F)F. The molecule has 1 aromatic carbocycles. The Bertz CT molecular complexity index is 712. The third-order valence-electron chi connectivity index (χ3n) is 2.67. The molecule has 3 nitrogen and oxygen atoms in total. The Labute approximate surface area is 114 Å². The zero-order chi connectivity index (χ0) is 15.8. The number of carbonyl (C=O) groups is 1. The van der Waals surface area contributed by atoms with Crippen LogP contribution in [0.4, 0.5) is 22.0 Å². The first-order valence-corrected chi connectivity index (χ1v) is 5.46. The van der Waals surface area contributed by atoms with E-state index in [1.807, 2.05) is 0 Å². The van der Waals surface area contributed by atoms with Gasteiger partial charge in [-0.05, 0) is 18.2 Å². The van der Waals surface area contributed by atoms with Gasteiger partial charge in [0.1, 0.15) is 0 Å². The van der Waals surface area contributed by atoms with E-state index in [0.717, 1.165) is 18.2 Å². The van der Waals surface area contributed by atoms with E-state index in [0.29, 0.717) is 6.07 Å². The molecule has 0 saturated carbocycles. The number of hydrogen-bond donors (Lipinski definition) is 1. The van der Waals surface area contributed by atoms with Gasteiger partial charge >= 0.3 is 12.1 Å². The van der Waals surface area contributed by atoms with Crippen molar-refractivity contribution in [3.05, 3.63) is 53.2 Å². The van der Waals surface area contributed by atoms with Crippen molar-refractivity contribution < 1.29 is 31.9 Å². The van der Waals surface area contributed by atoms with Crippen LogP contribution >= 0.6 is 0 Å². The summed E-state index contributed by atoms with van der Waals surface area (Å²) in [6, 6.07) is 3.59. The number of carboxylic acid groups (broad SMARTS) is 1. The molecule has 110 valence electrons. The average Bonchev–Trinajstić information content (AvgIpc) is 2.40.